The van der Waals surface area contributed by atoms with Crippen molar-refractivity contribution >= 4 is 5.91 Å². The number of ether oxygens (including phenoxy) is 1. The molecular formula is C12H22N2O2. The zero-order chi connectivity index (χ0) is 11.8. The number of amides is 1. The lowest BCUT2D eigenvalue weighted by Crippen LogP contribution is -2.55. The molecule has 2 rings (SSSR count). The first-order valence-electron chi connectivity index (χ1n) is 6.14. The summed E-state index contributed by atoms with van der Waals surface area (Å²) in [5, 5.41) is 0. The Bertz CT molecular complexity index is 268. The minimum Gasteiger partial charge on any atom is -0.379 e. The van der Waals surface area contributed by atoms with E-state index < -0.39 is 0 Å². The van der Waals surface area contributed by atoms with Gasteiger partial charge in [-0.3, -0.25) is 4.79 Å². The van der Waals surface area contributed by atoms with Crippen LogP contribution in [0, 0.1) is 11.3 Å². The summed E-state index contributed by atoms with van der Waals surface area (Å²) in [6, 6.07) is 0.256. The van der Waals surface area contributed by atoms with Gasteiger partial charge in [0.25, 0.3) is 0 Å². The van der Waals surface area contributed by atoms with Gasteiger partial charge in [-0.25, -0.2) is 0 Å². The molecule has 0 radical (unpaired) electrons. The van der Waals surface area contributed by atoms with E-state index in [1.807, 2.05) is 11.9 Å². The van der Waals surface area contributed by atoms with Crippen molar-refractivity contribution in [3.63, 3.8) is 0 Å². The molecule has 0 spiro atoms. The van der Waals surface area contributed by atoms with Crippen LogP contribution in [0.1, 0.15) is 26.2 Å². The molecule has 1 saturated carbocycles. The molecule has 1 aliphatic carbocycles. The van der Waals surface area contributed by atoms with Gasteiger partial charge in [-0.05, 0) is 25.2 Å². The molecule has 4 nitrogen and oxygen atoms in total. The van der Waals surface area contributed by atoms with Gasteiger partial charge in [0, 0.05) is 20.2 Å². The van der Waals surface area contributed by atoms with Crippen molar-refractivity contribution in [3.05, 3.63) is 0 Å². The number of carbonyl (C=O) groups excluding carboxylic acids is 1. The number of likely N-dealkylation sites (N-methyl/N-ethyl adjacent to an activating group) is 1. The Labute approximate surface area is 97.1 Å². The van der Waals surface area contributed by atoms with Gasteiger partial charge in [-0.1, -0.05) is 6.92 Å². The SMILES string of the molecule is CC1CC(CN)(C(=O)N(C)C2CCOC2)C1. The topological polar surface area (TPSA) is 55.6 Å². The first-order chi connectivity index (χ1) is 7.59. The first kappa shape index (κ1) is 11.9. The van der Waals surface area contributed by atoms with E-state index >= 15 is 0 Å². The Morgan fingerprint density at radius 3 is 2.69 bits per heavy atom. The molecule has 2 fully saturated rings. The predicted octanol–water partition coefficient (Wildman–Crippen LogP) is 0.609. The Morgan fingerprint density at radius 1 is 1.56 bits per heavy atom. The van der Waals surface area contributed by atoms with Gasteiger partial charge in [-0.2, -0.15) is 0 Å². The second kappa shape index (κ2) is 4.34. The molecule has 16 heavy (non-hydrogen) atoms. The van der Waals surface area contributed by atoms with Gasteiger partial charge in [0.05, 0.1) is 18.1 Å². The number of rotatable bonds is 3. The van der Waals surface area contributed by atoms with Crippen molar-refractivity contribution in [1.29, 1.82) is 0 Å². The maximum Gasteiger partial charge on any atom is 0.230 e. The predicted molar refractivity (Wildman–Crippen MR) is 61.9 cm³/mol. The molecule has 0 aromatic carbocycles. The third-order valence-electron chi connectivity index (χ3n) is 4.10. The lowest BCUT2D eigenvalue weighted by Gasteiger charge is -2.47. The fraction of sp³-hybridized carbons (Fsp3) is 0.917. The van der Waals surface area contributed by atoms with E-state index in [0.717, 1.165) is 25.9 Å². The van der Waals surface area contributed by atoms with E-state index in [2.05, 4.69) is 6.92 Å². The number of carbonyl (C=O) groups is 1. The molecule has 0 aromatic heterocycles. The summed E-state index contributed by atoms with van der Waals surface area (Å²) in [5.41, 5.74) is 5.52. The minimum absolute atomic E-state index is 0.226. The third kappa shape index (κ3) is 1.84. The summed E-state index contributed by atoms with van der Waals surface area (Å²) in [4.78, 5) is 14.3. The average Bonchev–Trinajstić information content (AvgIpc) is 2.75. The van der Waals surface area contributed by atoms with E-state index in [0.29, 0.717) is 19.1 Å². The normalized spacial score (nSPS) is 38.2. The van der Waals surface area contributed by atoms with Crippen molar-refractivity contribution in [2.24, 2.45) is 17.1 Å². The second-order valence-corrected chi connectivity index (χ2v) is 5.43. The first-order valence-corrected chi connectivity index (χ1v) is 6.14. The summed E-state index contributed by atoms with van der Waals surface area (Å²) in [7, 11) is 1.89. The highest BCUT2D eigenvalue weighted by Crippen LogP contribution is 2.46. The fourth-order valence-corrected chi connectivity index (χ4v) is 3.07. The summed E-state index contributed by atoms with van der Waals surface area (Å²) >= 11 is 0. The van der Waals surface area contributed by atoms with Gasteiger partial charge in [0.2, 0.25) is 5.91 Å². The summed E-state index contributed by atoms with van der Waals surface area (Å²) < 4.78 is 5.32. The number of hydrogen-bond acceptors (Lipinski definition) is 3. The van der Waals surface area contributed by atoms with Gasteiger partial charge in [0.1, 0.15) is 0 Å². The van der Waals surface area contributed by atoms with Crippen LogP contribution in [0.25, 0.3) is 0 Å². The Hall–Kier alpha value is -0.610. The molecule has 0 aromatic rings. The summed E-state index contributed by atoms with van der Waals surface area (Å²) in [6.45, 7) is 4.11. The average molecular weight is 226 g/mol. The monoisotopic (exact) mass is 226 g/mol. The van der Waals surface area contributed by atoms with E-state index in [9.17, 15) is 4.79 Å². The molecular weight excluding hydrogens is 204 g/mol. The van der Waals surface area contributed by atoms with Crippen LogP contribution in [0.4, 0.5) is 0 Å². The zero-order valence-corrected chi connectivity index (χ0v) is 10.2. The van der Waals surface area contributed by atoms with Crippen molar-refractivity contribution in [2.45, 2.75) is 32.2 Å². The van der Waals surface area contributed by atoms with Gasteiger partial charge < -0.3 is 15.4 Å². The van der Waals surface area contributed by atoms with Crippen molar-refractivity contribution < 1.29 is 9.53 Å². The molecule has 1 saturated heterocycles. The lowest BCUT2D eigenvalue weighted by molar-refractivity contribution is -0.150. The van der Waals surface area contributed by atoms with Crippen LogP contribution in [0.5, 0.6) is 0 Å². The highest BCUT2D eigenvalue weighted by atomic mass is 16.5. The smallest absolute Gasteiger partial charge is 0.230 e. The van der Waals surface area contributed by atoms with Crippen molar-refractivity contribution in [3.8, 4) is 0 Å². The van der Waals surface area contributed by atoms with Crippen LogP contribution in [-0.2, 0) is 9.53 Å². The maximum atomic E-state index is 12.4. The van der Waals surface area contributed by atoms with Crippen molar-refractivity contribution in [1.82, 2.24) is 4.90 Å². The summed E-state index contributed by atoms with van der Waals surface area (Å²) in [5.74, 6) is 0.865. The summed E-state index contributed by atoms with van der Waals surface area (Å²) in [6.07, 6.45) is 2.85. The highest BCUT2D eigenvalue weighted by molar-refractivity contribution is 5.84. The van der Waals surface area contributed by atoms with Crippen LogP contribution in [0.15, 0.2) is 0 Å². The molecule has 1 unspecified atom stereocenters. The van der Waals surface area contributed by atoms with Crippen LogP contribution < -0.4 is 5.73 Å². The Kier molecular flexibility index (Phi) is 3.22. The lowest BCUT2D eigenvalue weighted by atomic mass is 9.61. The van der Waals surface area contributed by atoms with E-state index in [-0.39, 0.29) is 17.4 Å². The molecule has 2 aliphatic rings. The van der Waals surface area contributed by atoms with E-state index in [1.165, 1.54) is 0 Å². The van der Waals surface area contributed by atoms with Crippen LogP contribution >= 0.6 is 0 Å². The highest BCUT2D eigenvalue weighted by Gasteiger charge is 2.49. The van der Waals surface area contributed by atoms with Crippen LogP contribution in [0.3, 0.4) is 0 Å². The number of nitrogens with two attached hydrogens (primary N) is 1. The van der Waals surface area contributed by atoms with E-state index in [4.69, 9.17) is 10.5 Å². The van der Waals surface area contributed by atoms with E-state index in [1.54, 1.807) is 0 Å². The van der Waals surface area contributed by atoms with Crippen molar-refractivity contribution in [2.75, 3.05) is 26.8 Å². The minimum atomic E-state index is -0.267. The largest absolute Gasteiger partial charge is 0.379 e. The maximum absolute atomic E-state index is 12.4. The van der Waals surface area contributed by atoms with Crippen LogP contribution in [-0.4, -0.2) is 43.7 Å². The third-order valence-corrected chi connectivity index (χ3v) is 4.10. The molecule has 1 amide bonds. The molecule has 92 valence electrons. The Morgan fingerprint density at radius 2 is 2.25 bits per heavy atom. The Balaban J connectivity index is 2.00. The molecule has 2 N–H and O–H groups in total. The number of hydrogen-bond donors (Lipinski definition) is 1. The molecule has 4 heteroatoms. The zero-order valence-electron chi connectivity index (χ0n) is 10.2. The van der Waals surface area contributed by atoms with Gasteiger partial charge >= 0.3 is 0 Å². The second-order valence-electron chi connectivity index (χ2n) is 5.43. The van der Waals surface area contributed by atoms with Gasteiger partial charge in [-0.15, -0.1) is 0 Å². The number of nitrogens with zero attached hydrogens (tertiary/aromatic N) is 1. The quantitative estimate of drug-likeness (QED) is 0.767. The standard InChI is InChI=1S/C12H22N2O2/c1-9-5-12(6-9,8-13)11(15)14(2)10-3-4-16-7-10/h9-10H,3-8,13H2,1-2H3. The molecule has 1 aliphatic heterocycles. The van der Waals surface area contributed by atoms with Crippen LogP contribution in [0.2, 0.25) is 0 Å². The fourth-order valence-electron chi connectivity index (χ4n) is 3.07. The molecule has 1 heterocycles. The molecule has 0 bridgehead atoms. The molecule has 1 atom stereocenters. The van der Waals surface area contributed by atoms with Gasteiger partial charge in [0.15, 0.2) is 0 Å².